The van der Waals surface area contributed by atoms with E-state index < -0.39 is 0 Å². The molecule has 5 heteroatoms. The van der Waals surface area contributed by atoms with Crippen LogP contribution >= 0.6 is 11.6 Å². The number of rotatable bonds is 6. The van der Waals surface area contributed by atoms with E-state index in [4.69, 9.17) is 16.3 Å². The molecule has 0 saturated heterocycles. The zero-order valence-corrected chi connectivity index (χ0v) is 14.4. The molecule has 0 aliphatic rings. The number of aryl methyl sites for hydroxylation is 1. The quantitative estimate of drug-likeness (QED) is 0.869. The molecule has 0 aromatic heterocycles. The van der Waals surface area contributed by atoms with Gasteiger partial charge >= 0.3 is 0 Å². The summed E-state index contributed by atoms with van der Waals surface area (Å²) in [5.74, 6) is 0.519. The first-order valence-electron chi connectivity index (χ1n) is 7.49. The number of carbonyl (C=O) groups excluding carboxylic acids is 1. The van der Waals surface area contributed by atoms with Gasteiger partial charge in [0.2, 0.25) is 0 Å². The van der Waals surface area contributed by atoms with E-state index in [1.807, 2.05) is 49.3 Å². The number of benzene rings is 2. The fourth-order valence-electron chi connectivity index (χ4n) is 2.34. The molecule has 0 atom stereocenters. The van der Waals surface area contributed by atoms with E-state index in [0.29, 0.717) is 10.7 Å². The van der Waals surface area contributed by atoms with Crippen LogP contribution in [0.3, 0.4) is 0 Å². The largest absolute Gasteiger partial charge is 0.483 e. The zero-order valence-electron chi connectivity index (χ0n) is 13.6. The summed E-state index contributed by atoms with van der Waals surface area (Å²) in [7, 11) is 3.76. The predicted octanol–water partition coefficient (Wildman–Crippen LogP) is 3.99. The van der Waals surface area contributed by atoms with Gasteiger partial charge in [-0.2, -0.15) is 0 Å². The summed E-state index contributed by atoms with van der Waals surface area (Å²) < 4.78 is 5.63. The Labute approximate surface area is 142 Å². The minimum Gasteiger partial charge on any atom is -0.483 e. The fourth-order valence-corrected chi connectivity index (χ4v) is 2.68. The molecule has 122 valence electrons. The number of halogens is 1. The zero-order chi connectivity index (χ0) is 16.8. The van der Waals surface area contributed by atoms with Gasteiger partial charge in [-0.1, -0.05) is 42.8 Å². The van der Waals surface area contributed by atoms with Crippen LogP contribution in [-0.2, 0) is 11.2 Å². The predicted molar refractivity (Wildman–Crippen MR) is 95.7 cm³/mol. The van der Waals surface area contributed by atoms with E-state index >= 15 is 0 Å². The van der Waals surface area contributed by atoms with Crippen LogP contribution < -0.4 is 15.0 Å². The van der Waals surface area contributed by atoms with Crippen molar-refractivity contribution in [2.75, 3.05) is 30.9 Å². The average molecular weight is 333 g/mol. The Bertz CT molecular complexity index is 686. The van der Waals surface area contributed by atoms with Crippen molar-refractivity contribution in [3.8, 4) is 5.75 Å². The average Bonchev–Trinajstić information content (AvgIpc) is 2.53. The highest BCUT2D eigenvalue weighted by Gasteiger charge is 2.12. The Kier molecular flexibility index (Phi) is 5.88. The summed E-state index contributed by atoms with van der Waals surface area (Å²) in [6, 6.07) is 13.1. The first-order valence-corrected chi connectivity index (χ1v) is 7.87. The highest BCUT2D eigenvalue weighted by molar-refractivity contribution is 6.34. The molecule has 0 aliphatic carbocycles. The number of nitrogens with zero attached hydrogens (tertiary/aromatic N) is 1. The Morgan fingerprint density at radius 2 is 1.91 bits per heavy atom. The highest BCUT2D eigenvalue weighted by atomic mass is 35.5. The molecule has 0 spiro atoms. The Morgan fingerprint density at radius 1 is 1.17 bits per heavy atom. The van der Waals surface area contributed by atoms with Crippen LogP contribution in [0.4, 0.5) is 11.4 Å². The summed E-state index contributed by atoms with van der Waals surface area (Å²) in [4.78, 5) is 14.0. The van der Waals surface area contributed by atoms with E-state index in [9.17, 15) is 4.79 Å². The molecule has 0 radical (unpaired) electrons. The maximum Gasteiger partial charge on any atom is 0.262 e. The summed E-state index contributed by atoms with van der Waals surface area (Å²) in [6.45, 7) is 2.01. The van der Waals surface area contributed by atoms with Crippen molar-refractivity contribution in [3.63, 3.8) is 0 Å². The van der Waals surface area contributed by atoms with Crippen LogP contribution in [0.2, 0.25) is 5.02 Å². The van der Waals surface area contributed by atoms with Crippen LogP contribution in [0.15, 0.2) is 42.5 Å². The van der Waals surface area contributed by atoms with E-state index in [0.717, 1.165) is 23.4 Å². The minimum absolute atomic E-state index is 0.0452. The molecule has 0 fully saturated rings. The van der Waals surface area contributed by atoms with Crippen LogP contribution in [0.5, 0.6) is 5.75 Å². The van der Waals surface area contributed by atoms with Crippen molar-refractivity contribution >= 4 is 28.9 Å². The number of hydrogen-bond donors (Lipinski definition) is 1. The molecular weight excluding hydrogens is 312 g/mol. The van der Waals surface area contributed by atoms with Crippen LogP contribution in [0.1, 0.15) is 12.5 Å². The van der Waals surface area contributed by atoms with Crippen molar-refractivity contribution in [3.05, 3.63) is 53.1 Å². The number of para-hydroxylation sites is 2. The lowest BCUT2D eigenvalue weighted by molar-refractivity contribution is -0.118. The molecule has 1 N–H and O–H groups in total. The standard InChI is InChI=1S/C18H21ClN2O2/c1-4-13-8-5-6-11-16(13)23-12-17(22)20-15-10-7-9-14(19)18(15)21(2)3/h5-11H,4,12H2,1-3H3,(H,20,22). The summed E-state index contributed by atoms with van der Waals surface area (Å²) >= 11 is 6.20. The molecule has 23 heavy (non-hydrogen) atoms. The van der Waals surface area contributed by atoms with Gasteiger partial charge in [0.1, 0.15) is 5.75 Å². The van der Waals surface area contributed by atoms with Crippen molar-refractivity contribution in [2.24, 2.45) is 0 Å². The SMILES string of the molecule is CCc1ccccc1OCC(=O)Nc1cccc(Cl)c1N(C)C. The Balaban J connectivity index is 2.05. The second kappa shape index (κ2) is 7.88. The molecule has 2 rings (SSSR count). The van der Waals surface area contributed by atoms with E-state index in [1.165, 1.54) is 0 Å². The second-order valence-electron chi connectivity index (χ2n) is 5.33. The fraction of sp³-hybridized carbons (Fsp3) is 0.278. The summed E-state index contributed by atoms with van der Waals surface area (Å²) in [5, 5.41) is 3.44. The molecule has 0 bridgehead atoms. The van der Waals surface area contributed by atoms with Gasteiger partial charge in [0.15, 0.2) is 6.61 Å². The van der Waals surface area contributed by atoms with Crippen LogP contribution in [-0.4, -0.2) is 26.6 Å². The summed E-state index contributed by atoms with van der Waals surface area (Å²) in [6.07, 6.45) is 0.858. The number of amides is 1. The number of carbonyl (C=O) groups is 1. The number of hydrogen-bond acceptors (Lipinski definition) is 3. The van der Waals surface area contributed by atoms with Crippen molar-refractivity contribution < 1.29 is 9.53 Å². The molecule has 2 aromatic rings. The third-order valence-corrected chi connectivity index (χ3v) is 3.73. The highest BCUT2D eigenvalue weighted by Crippen LogP contribution is 2.32. The molecule has 1 amide bonds. The smallest absolute Gasteiger partial charge is 0.262 e. The third-order valence-electron chi connectivity index (χ3n) is 3.42. The van der Waals surface area contributed by atoms with Crippen molar-refractivity contribution in [1.82, 2.24) is 0 Å². The number of nitrogens with one attached hydrogen (secondary N) is 1. The molecule has 2 aromatic carbocycles. The lowest BCUT2D eigenvalue weighted by atomic mass is 10.1. The van der Waals surface area contributed by atoms with Gasteiger partial charge in [-0.3, -0.25) is 4.79 Å². The second-order valence-corrected chi connectivity index (χ2v) is 5.74. The van der Waals surface area contributed by atoms with Gasteiger partial charge in [-0.15, -0.1) is 0 Å². The molecule has 4 nitrogen and oxygen atoms in total. The Hall–Kier alpha value is -2.20. The normalized spacial score (nSPS) is 10.3. The van der Waals surface area contributed by atoms with Gasteiger partial charge in [-0.25, -0.2) is 0 Å². The van der Waals surface area contributed by atoms with Crippen molar-refractivity contribution in [2.45, 2.75) is 13.3 Å². The number of anilines is 2. The maximum absolute atomic E-state index is 12.2. The minimum atomic E-state index is -0.221. The van der Waals surface area contributed by atoms with Gasteiger partial charge in [0.25, 0.3) is 5.91 Å². The van der Waals surface area contributed by atoms with Crippen LogP contribution in [0.25, 0.3) is 0 Å². The first kappa shape index (κ1) is 17.2. The van der Waals surface area contributed by atoms with Crippen LogP contribution in [0, 0.1) is 0 Å². The lowest BCUT2D eigenvalue weighted by Crippen LogP contribution is -2.22. The molecule has 0 unspecified atom stereocenters. The lowest BCUT2D eigenvalue weighted by Gasteiger charge is -2.19. The van der Waals surface area contributed by atoms with Gasteiger partial charge < -0.3 is 15.0 Å². The monoisotopic (exact) mass is 332 g/mol. The van der Waals surface area contributed by atoms with Gasteiger partial charge in [0, 0.05) is 14.1 Å². The van der Waals surface area contributed by atoms with E-state index in [1.54, 1.807) is 12.1 Å². The molecule has 0 saturated carbocycles. The Morgan fingerprint density at radius 3 is 2.61 bits per heavy atom. The van der Waals surface area contributed by atoms with E-state index in [-0.39, 0.29) is 12.5 Å². The number of ether oxygens (including phenoxy) is 1. The van der Waals surface area contributed by atoms with Gasteiger partial charge in [-0.05, 0) is 30.2 Å². The first-order chi connectivity index (χ1) is 11.0. The topological polar surface area (TPSA) is 41.6 Å². The summed E-state index contributed by atoms with van der Waals surface area (Å²) in [5.41, 5.74) is 2.52. The maximum atomic E-state index is 12.2. The molecule has 0 heterocycles. The van der Waals surface area contributed by atoms with Crippen molar-refractivity contribution in [1.29, 1.82) is 0 Å². The van der Waals surface area contributed by atoms with Gasteiger partial charge in [0.05, 0.1) is 16.4 Å². The molecule has 0 aliphatic heterocycles. The third kappa shape index (κ3) is 4.39. The van der Waals surface area contributed by atoms with E-state index in [2.05, 4.69) is 12.2 Å². The molecular formula is C18H21ClN2O2.